The zero-order valence-electron chi connectivity index (χ0n) is 35.3. The standard InChI is InChI=1S/C59H35N7/c60-36-37-25-27-38(28-26-37)59-61-57(65-53-23-11-5-17-45(53)47-33-39(29-31-55(47)65)63-49-19-7-1-13-41(49)42-14-2-8-20-50(42)63)35-58(62-59)66-54-24-12-6-18-46(54)48-34-40(30-32-56(48)66)64-51-21-9-3-15-43(51)44-16-4-10-22-52(44)64/h1-35H. The topological polar surface area (TPSA) is 69.3 Å². The Kier molecular flexibility index (Phi) is 7.62. The van der Waals surface area contributed by atoms with Crippen LogP contribution in [0.3, 0.4) is 0 Å². The highest BCUT2D eigenvalue weighted by atomic mass is 15.1. The maximum Gasteiger partial charge on any atom is 0.163 e. The quantitative estimate of drug-likeness (QED) is 0.173. The van der Waals surface area contributed by atoms with Crippen molar-refractivity contribution < 1.29 is 0 Å². The summed E-state index contributed by atoms with van der Waals surface area (Å²) in [6.07, 6.45) is 0. The van der Waals surface area contributed by atoms with Crippen molar-refractivity contribution in [3.05, 3.63) is 218 Å². The summed E-state index contributed by atoms with van der Waals surface area (Å²) >= 11 is 0. The Balaban J connectivity index is 1.02. The van der Waals surface area contributed by atoms with E-state index in [0.29, 0.717) is 11.4 Å². The third-order valence-electron chi connectivity index (χ3n) is 13.4. The molecule has 0 aliphatic rings. The van der Waals surface area contributed by atoms with Gasteiger partial charge in [0.25, 0.3) is 0 Å². The SMILES string of the molecule is N#Cc1ccc(-c2nc(-n3c4ccccc4c4cc(-n5c6ccccc6c6ccccc65)ccc43)cc(-n3c4ccccc4c4cc(-n5c6ccccc6c6ccccc65)ccc43)n2)cc1. The minimum atomic E-state index is 0.563. The number of para-hydroxylation sites is 6. The van der Waals surface area contributed by atoms with Crippen LogP contribution in [0.25, 0.3) is 122 Å². The van der Waals surface area contributed by atoms with Gasteiger partial charge in [-0.1, -0.05) is 109 Å². The maximum absolute atomic E-state index is 9.72. The number of benzene rings is 9. The summed E-state index contributed by atoms with van der Waals surface area (Å²) < 4.78 is 9.29. The van der Waals surface area contributed by atoms with Gasteiger partial charge in [0.2, 0.25) is 0 Å². The van der Waals surface area contributed by atoms with Crippen LogP contribution in [0.2, 0.25) is 0 Å². The number of fused-ring (bicyclic) bond motifs is 12. The molecule has 0 radical (unpaired) electrons. The van der Waals surface area contributed by atoms with Crippen LogP contribution in [0.15, 0.2) is 212 Å². The predicted molar refractivity (Wildman–Crippen MR) is 270 cm³/mol. The lowest BCUT2D eigenvalue weighted by Crippen LogP contribution is -2.06. The molecule has 0 bridgehead atoms. The summed E-state index contributed by atoms with van der Waals surface area (Å²) in [7, 11) is 0. The van der Waals surface area contributed by atoms with Gasteiger partial charge in [0.15, 0.2) is 5.82 Å². The lowest BCUT2D eigenvalue weighted by Gasteiger charge is -2.14. The Labute approximate surface area is 377 Å². The van der Waals surface area contributed by atoms with Gasteiger partial charge in [0, 0.05) is 66.1 Å². The summed E-state index contributed by atoms with van der Waals surface area (Å²) in [5.74, 6) is 2.04. The second kappa shape index (κ2) is 13.9. The van der Waals surface area contributed by atoms with Crippen LogP contribution in [0.4, 0.5) is 0 Å². The highest BCUT2D eigenvalue weighted by Crippen LogP contribution is 2.40. The van der Waals surface area contributed by atoms with Crippen molar-refractivity contribution in [3.63, 3.8) is 0 Å². The average molecular weight is 842 g/mol. The molecule has 7 nitrogen and oxygen atoms in total. The molecular formula is C59H35N7. The molecule has 0 unspecified atom stereocenters. The molecule has 0 N–H and O–H groups in total. The van der Waals surface area contributed by atoms with E-state index < -0.39 is 0 Å². The van der Waals surface area contributed by atoms with E-state index in [9.17, 15) is 5.26 Å². The molecule has 5 heterocycles. The van der Waals surface area contributed by atoms with Crippen molar-refractivity contribution in [2.75, 3.05) is 0 Å². The van der Waals surface area contributed by atoms with E-state index in [4.69, 9.17) is 9.97 Å². The molecule has 0 saturated carbocycles. The smallest absolute Gasteiger partial charge is 0.163 e. The summed E-state index contributed by atoms with van der Waals surface area (Å²) in [6, 6.07) is 77.2. The van der Waals surface area contributed by atoms with Crippen LogP contribution in [0.1, 0.15) is 5.56 Å². The zero-order valence-corrected chi connectivity index (χ0v) is 35.3. The molecule has 0 amide bonds. The first-order valence-corrected chi connectivity index (χ1v) is 22.1. The lowest BCUT2D eigenvalue weighted by atomic mass is 10.1. The first-order valence-electron chi connectivity index (χ1n) is 22.1. The van der Waals surface area contributed by atoms with Crippen molar-refractivity contribution in [1.29, 1.82) is 5.26 Å². The molecule has 0 fully saturated rings. The van der Waals surface area contributed by atoms with Crippen LogP contribution < -0.4 is 0 Å². The summed E-state index contributed by atoms with van der Waals surface area (Å²) in [5, 5.41) is 19.1. The van der Waals surface area contributed by atoms with E-state index >= 15 is 0 Å². The van der Waals surface area contributed by atoms with Crippen molar-refractivity contribution in [2.24, 2.45) is 0 Å². The zero-order chi connectivity index (χ0) is 43.5. The van der Waals surface area contributed by atoms with E-state index in [1.165, 1.54) is 43.6 Å². The van der Waals surface area contributed by atoms with Gasteiger partial charge in [0.1, 0.15) is 11.6 Å². The lowest BCUT2D eigenvalue weighted by molar-refractivity contribution is 0.993. The number of nitrogens with zero attached hydrogens (tertiary/aromatic N) is 7. The summed E-state index contributed by atoms with van der Waals surface area (Å²) in [4.78, 5) is 10.8. The van der Waals surface area contributed by atoms with Crippen LogP contribution in [-0.2, 0) is 0 Å². The van der Waals surface area contributed by atoms with Gasteiger partial charge in [-0.05, 0) is 97.1 Å². The summed E-state index contributed by atoms with van der Waals surface area (Å²) in [6.45, 7) is 0. The fraction of sp³-hybridized carbons (Fsp3) is 0. The third-order valence-corrected chi connectivity index (χ3v) is 13.4. The van der Waals surface area contributed by atoms with Gasteiger partial charge >= 0.3 is 0 Å². The number of aromatic nitrogens is 6. The molecule has 0 atom stereocenters. The highest BCUT2D eigenvalue weighted by molar-refractivity contribution is 6.14. The Bertz CT molecular complexity index is 4010. The fourth-order valence-corrected chi connectivity index (χ4v) is 10.6. The fourth-order valence-electron chi connectivity index (χ4n) is 10.6. The third kappa shape index (κ3) is 5.18. The second-order valence-electron chi connectivity index (χ2n) is 16.9. The molecule has 0 aliphatic carbocycles. The number of rotatable bonds is 5. The molecule has 9 aromatic carbocycles. The predicted octanol–water partition coefficient (Wildman–Crippen LogP) is 14.4. The number of nitriles is 1. The molecule has 0 aliphatic heterocycles. The van der Waals surface area contributed by atoms with Crippen molar-refractivity contribution in [3.8, 4) is 40.5 Å². The highest BCUT2D eigenvalue weighted by Gasteiger charge is 2.22. The van der Waals surface area contributed by atoms with E-state index in [1.54, 1.807) is 0 Å². The van der Waals surface area contributed by atoms with E-state index in [0.717, 1.165) is 72.2 Å². The number of hydrogen-bond donors (Lipinski definition) is 0. The van der Waals surface area contributed by atoms with Crippen molar-refractivity contribution in [1.82, 2.24) is 28.2 Å². The molecule has 0 saturated heterocycles. The molecule has 5 aromatic heterocycles. The van der Waals surface area contributed by atoms with Crippen LogP contribution >= 0.6 is 0 Å². The second-order valence-corrected chi connectivity index (χ2v) is 16.9. The molecule has 66 heavy (non-hydrogen) atoms. The van der Waals surface area contributed by atoms with Crippen molar-refractivity contribution >= 4 is 87.2 Å². The Hall–Kier alpha value is -9.25. The molecule has 7 heteroatoms. The van der Waals surface area contributed by atoms with Crippen LogP contribution in [0, 0.1) is 11.3 Å². The number of hydrogen-bond acceptors (Lipinski definition) is 3. The Morgan fingerprint density at radius 1 is 0.303 bits per heavy atom. The van der Waals surface area contributed by atoms with Gasteiger partial charge in [-0.25, -0.2) is 9.97 Å². The monoisotopic (exact) mass is 841 g/mol. The van der Waals surface area contributed by atoms with E-state index in [2.05, 4.69) is 212 Å². The normalized spacial score (nSPS) is 11.9. The average Bonchev–Trinajstić information content (AvgIpc) is 4.11. The first-order chi connectivity index (χ1) is 32.7. The first kappa shape index (κ1) is 36.3. The minimum Gasteiger partial charge on any atom is -0.309 e. The summed E-state index contributed by atoms with van der Waals surface area (Å²) in [5.41, 5.74) is 12.4. The largest absolute Gasteiger partial charge is 0.309 e. The Morgan fingerprint density at radius 3 is 0.985 bits per heavy atom. The van der Waals surface area contributed by atoms with Gasteiger partial charge in [-0.3, -0.25) is 9.13 Å². The maximum atomic E-state index is 9.72. The van der Waals surface area contributed by atoms with Crippen LogP contribution in [-0.4, -0.2) is 28.2 Å². The van der Waals surface area contributed by atoms with Crippen molar-refractivity contribution in [2.45, 2.75) is 0 Å². The van der Waals surface area contributed by atoms with E-state index in [1.807, 2.05) is 24.3 Å². The minimum absolute atomic E-state index is 0.563. The van der Waals surface area contributed by atoms with E-state index in [-0.39, 0.29) is 0 Å². The van der Waals surface area contributed by atoms with Crippen LogP contribution in [0.5, 0.6) is 0 Å². The Morgan fingerprint density at radius 2 is 0.621 bits per heavy atom. The molecule has 0 spiro atoms. The molecular weight excluding hydrogens is 807 g/mol. The van der Waals surface area contributed by atoms with Gasteiger partial charge < -0.3 is 9.13 Å². The molecule has 14 rings (SSSR count). The van der Waals surface area contributed by atoms with Gasteiger partial charge in [0.05, 0.1) is 55.8 Å². The van der Waals surface area contributed by atoms with Gasteiger partial charge in [-0.2, -0.15) is 5.26 Å². The molecule has 306 valence electrons. The van der Waals surface area contributed by atoms with Gasteiger partial charge in [-0.15, -0.1) is 0 Å². The molecule has 14 aromatic rings.